The fraction of sp³-hybridized carbons (Fsp3) is 0.278. The lowest BCUT2D eigenvalue weighted by molar-refractivity contribution is 0.0774. The second kappa shape index (κ2) is 6.99. The highest BCUT2D eigenvalue weighted by Gasteiger charge is 2.20. The van der Waals surface area contributed by atoms with E-state index >= 15 is 0 Å². The summed E-state index contributed by atoms with van der Waals surface area (Å²) in [5.74, 6) is 0.762. The van der Waals surface area contributed by atoms with E-state index in [4.69, 9.17) is 4.42 Å². The third kappa shape index (κ3) is 3.49. The minimum atomic E-state index is 0.00746. The SMILES string of the molecule is Cc1cc(C(=O)N(C)Cc2ccc(Br)o2)c(C)n1Cc1cccs1. The summed E-state index contributed by atoms with van der Waals surface area (Å²) < 4.78 is 8.35. The molecule has 0 atom stereocenters. The van der Waals surface area contributed by atoms with Crippen molar-refractivity contribution in [3.63, 3.8) is 0 Å². The first kappa shape index (κ1) is 17.0. The molecular formula is C18H19BrN2O2S. The number of hydrogen-bond acceptors (Lipinski definition) is 3. The van der Waals surface area contributed by atoms with Crippen molar-refractivity contribution in [2.45, 2.75) is 26.9 Å². The maximum atomic E-state index is 12.8. The molecule has 6 heteroatoms. The van der Waals surface area contributed by atoms with E-state index in [1.54, 1.807) is 23.3 Å². The summed E-state index contributed by atoms with van der Waals surface area (Å²) in [4.78, 5) is 15.8. The van der Waals surface area contributed by atoms with Gasteiger partial charge in [-0.05, 0) is 59.4 Å². The van der Waals surface area contributed by atoms with Gasteiger partial charge in [0.15, 0.2) is 4.67 Å². The summed E-state index contributed by atoms with van der Waals surface area (Å²) in [5, 5.41) is 2.07. The highest BCUT2D eigenvalue weighted by atomic mass is 79.9. The van der Waals surface area contributed by atoms with Gasteiger partial charge in [-0.3, -0.25) is 4.79 Å². The van der Waals surface area contributed by atoms with Crippen molar-refractivity contribution in [1.29, 1.82) is 0 Å². The van der Waals surface area contributed by atoms with Crippen LogP contribution in [0.3, 0.4) is 0 Å². The van der Waals surface area contributed by atoms with Gasteiger partial charge in [0.1, 0.15) is 5.76 Å². The number of aromatic nitrogens is 1. The minimum Gasteiger partial charge on any atom is -0.452 e. The molecule has 0 saturated heterocycles. The molecule has 4 nitrogen and oxygen atoms in total. The van der Waals surface area contributed by atoms with Crippen LogP contribution in [0, 0.1) is 13.8 Å². The van der Waals surface area contributed by atoms with Gasteiger partial charge >= 0.3 is 0 Å². The van der Waals surface area contributed by atoms with Crippen molar-refractivity contribution >= 4 is 33.2 Å². The normalized spacial score (nSPS) is 11.0. The van der Waals surface area contributed by atoms with Gasteiger partial charge in [-0.2, -0.15) is 0 Å². The van der Waals surface area contributed by atoms with Crippen LogP contribution in [0.5, 0.6) is 0 Å². The number of hydrogen-bond donors (Lipinski definition) is 0. The van der Waals surface area contributed by atoms with E-state index in [-0.39, 0.29) is 5.91 Å². The van der Waals surface area contributed by atoms with E-state index < -0.39 is 0 Å². The molecule has 1 amide bonds. The van der Waals surface area contributed by atoms with Crippen molar-refractivity contribution in [2.75, 3.05) is 7.05 Å². The van der Waals surface area contributed by atoms with Crippen LogP contribution in [-0.4, -0.2) is 22.4 Å². The van der Waals surface area contributed by atoms with Crippen molar-refractivity contribution < 1.29 is 9.21 Å². The molecule has 0 aliphatic carbocycles. The van der Waals surface area contributed by atoms with E-state index in [1.165, 1.54) is 4.88 Å². The highest BCUT2D eigenvalue weighted by molar-refractivity contribution is 9.10. The van der Waals surface area contributed by atoms with Crippen LogP contribution in [0.25, 0.3) is 0 Å². The Morgan fingerprint density at radius 3 is 2.75 bits per heavy atom. The van der Waals surface area contributed by atoms with Crippen LogP contribution in [0.1, 0.15) is 32.4 Å². The quantitative estimate of drug-likeness (QED) is 0.607. The van der Waals surface area contributed by atoms with E-state index in [0.29, 0.717) is 11.2 Å². The molecule has 3 aromatic rings. The number of amides is 1. The molecule has 0 N–H and O–H groups in total. The van der Waals surface area contributed by atoms with E-state index in [9.17, 15) is 4.79 Å². The predicted molar refractivity (Wildman–Crippen MR) is 99.5 cm³/mol. The molecule has 0 bridgehead atoms. The minimum absolute atomic E-state index is 0.00746. The van der Waals surface area contributed by atoms with Gasteiger partial charge < -0.3 is 13.9 Å². The standard InChI is InChI=1S/C18H19BrN2O2S/c1-12-9-16(13(2)21(12)11-15-5-4-8-24-15)18(22)20(3)10-14-6-7-17(19)23-14/h4-9H,10-11H2,1-3H3. The third-order valence-electron chi connectivity index (χ3n) is 4.07. The van der Waals surface area contributed by atoms with Gasteiger partial charge in [0.25, 0.3) is 5.91 Å². The van der Waals surface area contributed by atoms with E-state index in [2.05, 4.69) is 38.0 Å². The Bertz CT molecular complexity index is 849. The maximum absolute atomic E-state index is 12.8. The molecule has 0 aliphatic rings. The number of furan rings is 1. The topological polar surface area (TPSA) is 38.4 Å². The summed E-state index contributed by atoms with van der Waals surface area (Å²) in [6.07, 6.45) is 0. The molecule has 0 radical (unpaired) electrons. The number of aryl methyl sites for hydroxylation is 1. The Labute approximate surface area is 153 Å². The van der Waals surface area contributed by atoms with Gasteiger partial charge in [0.05, 0.1) is 18.7 Å². The van der Waals surface area contributed by atoms with Gasteiger partial charge in [-0.15, -0.1) is 11.3 Å². The Hall–Kier alpha value is -1.79. The zero-order valence-corrected chi connectivity index (χ0v) is 16.3. The second-order valence-corrected chi connectivity index (χ2v) is 7.63. The molecule has 3 aromatic heterocycles. The summed E-state index contributed by atoms with van der Waals surface area (Å²) in [5.41, 5.74) is 2.84. The molecule has 0 saturated carbocycles. The molecule has 0 fully saturated rings. The van der Waals surface area contributed by atoms with Crippen molar-refractivity contribution in [3.05, 3.63) is 68.0 Å². The number of thiophene rings is 1. The molecule has 0 unspecified atom stereocenters. The Morgan fingerprint density at radius 1 is 1.33 bits per heavy atom. The van der Waals surface area contributed by atoms with E-state index in [0.717, 1.165) is 29.3 Å². The molecule has 24 heavy (non-hydrogen) atoms. The van der Waals surface area contributed by atoms with Crippen molar-refractivity contribution in [3.8, 4) is 0 Å². The van der Waals surface area contributed by atoms with Crippen molar-refractivity contribution in [2.24, 2.45) is 0 Å². The predicted octanol–water partition coefficient (Wildman–Crippen LogP) is 4.84. The zero-order chi connectivity index (χ0) is 17.3. The van der Waals surface area contributed by atoms with Gasteiger partial charge in [-0.25, -0.2) is 0 Å². The van der Waals surface area contributed by atoms with E-state index in [1.807, 2.05) is 32.0 Å². The first-order valence-electron chi connectivity index (χ1n) is 7.64. The Morgan fingerprint density at radius 2 is 2.12 bits per heavy atom. The molecule has 126 valence electrons. The maximum Gasteiger partial charge on any atom is 0.255 e. The fourth-order valence-electron chi connectivity index (χ4n) is 2.77. The number of halogens is 1. The van der Waals surface area contributed by atoms with Gasteiger partial charge in [0, 0.05) is 23.3 Å². The third-order valence-corrected chi connectivity index (χ3v) is 5.35. The number of nitrogens with zero attached hydrogens (tertiary/aromatic N) is 2. The Kier molecular flexibility index (Phi) is 4.96. The monoisotopic (exact) mass is 406 g/mol. The molecule has 3 rings (SSSR count). The van der Waals surface area contributed by atoms with Crippen molar-refractivity contribution in [1.82, 2.24) is 9.47 Å². The average molecular weight is 407 g/mol. The van der Waals surface area contributed by atoms with Crippen LogP contribution in [0.4, 0.5) is 0 Å². The first-order valence-corrected chi connectivity index (χ1v) is 9.31. The van der Waals surface area contributed by atoms with Crippen LogP contribution in [0.2, 0.25) is 0 Å². The van der Waals surface area contributed by atoms with Crippen LogP contribution < -0.4 is 0 Å². The fourth-order valence-corrected chi connectivity index (χ4v) is 3.80. The first-order chi connectivity index (χ1) is 11.5. The summed E-state index contributed by atoms with van der Waals surface area (Å²) in [7, 11) is 1.80. The second-order valence-electron chi connectivity index (χ2n) is 5.82. The highest BCUT2D eigenvalue weighted by Crippen LogP contribution is 2.21. The Balaban J connectivity index is 1.79. The van der Waals surface area contributed by atoms with Crippen LogP contribution in [-0.2, 0) is 13.1 Å². The van der Waals surface area contributed by atoms with Crippen LogP contribution >= 0.6 is 27.3 Å². The van der Waals surface area contributed by atoms with Gasteiger partial charge in [-0.1, -0.05) is 6.07 Å². The number of rotatable bonds is 5. The number of carbonyl (C=O) groups is 1. The lowest BCUT2D eigenvalue weighted by atomic mass is 10.2. The molecule has 0 spiro atoms. The lowest BCUT2D eigenvalue weighted by Gasteiger charge is -2.16. The number of carbonyl (C=O) groups excluding carboxylic acids is 1. The van der Waals surface area contributed by atoms with Gasteiger partial charge in [0.2, 0.25) is 0 Å². The van der Waals surface area contributed by atoms with Crippen LogP contribution in [0.15, 0.2) is 44.8 Å². The zero-order valence-electron chi connectivity index (χ0n) is 13.9. The molecule has 3 heterocycles. The molecule has 0 aliphatic heterocycles. The largest absolute Gasteiger partial charge is 0.452 e. The summed E-state index contributed by atoms with van der Waals surface area (Å²) >= 11 is 5.01. The lowest BCUT2D eigenvalue weighted by Crippen LogP contribution is -2.26. The molecular weight excluding hydrogens is 388 g/mol. The summed E-state index contributed by atoms with van der Waals surface area (Å²) in [6, 6.07) is 9.84. The summed E-state index contributed by atoms with van der Waals surface area (Å²) in [6.45, 7) is 5.29. The average Bonchev–Trinajstić information content (AvgIpc) is 3.25. The molecule has 0 aromatic carbocycles. The smallest absolute Gasteiger partial charge is 0.255 e.